The van der Waals surface area contributed by atoms with Crippen molar-refractivity contribution in [2.45, 2.75) is 37.8 Å². The van der Waals surface area contributed by atoms with E-state index in [2.05, 4.69) is 26.6 Å². The molecule has 2 atom stereocenters. The van der Waals surface area contributed by atoms with Crippen molar-refractivity contribution in [1.29, 1.82) is 5.26 Å². The third-order valence-electron chi connectivity index (χ3n) is 7.21. The second-order valence-corrected chi connectivity index (χ2v) is 9.70. The first-order valence-electron chi connectivity index (χ1n) is 11.7. The van der Waals surface area contributed by atoms with Crippen LogP contribution in [0.5, 0.6) is 0 Å². The molecule has 3 fully saturated rings. The first kappa shape index (κ1) is 21.5. The summed E-state index contributed by atoms with van der Waals surface area (Å²) in [5, 5.41) is 21.3. The number of likely N-dealkylation sites (tertiary alicyclic amines) is 1. The zero-order chi connectivity index (χ0) is 24.3. The van der Waals surface area contributed by atoms with E-state index in [4.69, 9.17) is 5.73 Å². The Labute approximate surface area is 199 Å². The summed E-state index contributed by atoms with van der Waals surface area (Å²) in [6.07, 6.45) is 10.0. The van der Waals surface area contributed by atoms with Gasteiger partial charge < -0.3 is 16.0 Å². The Bertz CT molecular complexity index is 1380. The highest BCUT2D eigenvalue weighted by atomic mass is 19.1. The fourth-order valence-electron chi connectivity index (χ4n) is 4.76. The van der Waals surface area contributed by atoms with Crippen molar-refractivity contribution in [2.75, 3.05) is 25.1 Å². The summed E-state index contributed by atoms with van der Waals surface area (Å²) in [6, 6.07) is 2.05. The van der Waals surface area contributed by atoms with E-state index in [1.54, 1.807) is 17.3 Å². The van der Waals surface area contributed by atoms with Crippen LogP contribution in [0.25, 0.3) is 16.9 Å². The van der Waals surface area contributed by atoms with E-state index in [-0.39, 0.29) is 24.6 Å². The topological polar surface area (TPSA) is 147 Å². The average Bonchev–Trinajstić information content (AvgIpc) is 3.71. The molecule has 0 radical (unpaired) electrons. The molecule has 2 aliphatic carbocycles. The number of aromatic nitrogens is 5. The van der Waals surface area contributed by atoms with Crippen LogP contribution in [0.1, 0.15) is 42.1 Å². The summed E-state index contributed by atoms with van der Waals surface area (Å²) in [6.45, 7) is -0.247. The Hall–Kier alpha value is -4.01. The Morgan fingerprint density at radius 3 is 2.69 bits per heavy atom. The number of halogens is 1. The lowest BCUT2D eigenvalue weighted by Gasteiger charge is -2.21. The molecule has 3 aromatic heterocycles. The Balaban J connectivity index is 1.33. The minimum absolute atomic E-state index is 0.126. The van der Waals surface area contributed by atoms with Crippen LogP contribution in [0.3, 0.4) is 0 Å². The lowest BCUT2D eigenvalue weighted by atomic mass is 10.0. The summed E-state index contributed by atoms with van der Waals surface area (Å²) < 4.78 is 17.4. The molecule has 4 heterocycles. The number of carbonyl (C=O) groups is 2. The van der Waals surface area contributed by atoms with E-state index in [9.17, 15) is 19.2 Å². The second kappa shape index (κ2) is 7.76. The van der Waals surface area contributed by atoms with Gasteiger partial charge in [-0.3, -0.25) is 18.7 Å². The number of nitrogens with one attached hydrogen (secondary N) is 1. The van der Waals surface area contributed by atoms with Gasteiger partial charge in [-0.15, -0.1) is 0 Å². The van der Waals surface area contributed by atoms with Gasteiger partial charge in [-0.05, 0) is 25.7 Å². The fourth-order valence-corrected chi connectivity index (χ4v) is 4.76. The van der Waals surface area contributed by atoms with E-state index in [0.717, 1.165) is 18.4 Å². The normalized spacial score (nSPS) is 22.8. The van der Waals surface area contributed by atoms with E-state index in [1.165, 1.54) is 10.7 Å². The zero-order valence-corrected chi connectivity index (χ0v) is 18.9. The maximum Gasteiger partial charge on any atom is 0.252 e. The van der Waals surface area contributed by atoms with Crippen molar-refractivity contribution in [3.8, 4) is 17.3 Å². The second-order valence-electron chi connectivity index (χ2n) is 9.70. The molecule has 6 rings (SSSR count). The van der Waals surface area contributed by atoms with Crippen LogP contribution < -0.4 is 11.1 Å². The SMILES string of the molecule is N#CC1(C(=O)N2C[C@H](CF)[C@H](Nc3c(C(N)=O)cnn4cc(-c5cnn(C6CC6)c5)nc34)C2)CC1. The van der Waals surface area contributed by atoms with Crippen molar-refractivity contribution >= 4 is 23.1 Å². The van der Waals surface area contributed by atoms with Crippen molar-refractivity contribution in [3.63, 3.8) is 0 Å². The number of anilines is 1. The van der Waals surface area contributed by atoms with Crippen LogP contribution in [0.4, 0.5) is 10.1 Å². The zero-order valence-electron chi connectivity index (χ0n) is 18.9. The molecule has 3 N–H and O–H groups in total. The molecule has 12 heteroatoms. The summed E-state index contributed by atoms with van der Waals surface area (Å²) >= 11 is 0. The molecule has 0 spiro atoms. The quantitative estimate of drug-likeness (QED) is 0.524. The molecule has 2 amide bonds. The molecular formula is C23H24FN9O2. The molecule has 35 heavy (non-hydrogen) atoms. The highest BCUT2D eigenvalue weighted by Gasteiger charge is 2.54. The molecule has 0 aromatic carbocycles. The van der Waals surface area contributed by atoms with Gasteiger partial charge in [0.1, 0.15) is 5.41 Å². The van der Waals surface area contributed by atoms with Crippen LogP contribution in [-0.4, -0.2) is 66.9 Å². The third kappa shape index (κ3) is 3.58. The van der Waals surface area contributed by atoms with E-state index in [1.807, 2.05) is 10.9 Å². The first-order valence-corrected chi connectivity index (χ1v) is 11.7. The number of nitriles is 1. The van der Waals surface area contributed by atoms with Crippen molar-refractivity contribution in [2.24, 2.45) is 17.1 Å². The number of fused-ring (bicyclic) bond motifs is 1. The first-order chi connectivity index (χ1) is 16.9. The molecule has 1 aliphatic heterocycles. The Morgan fingerprint density at radius 2 is 2.03 bits per heavy atom. The summed E-state index contributed by atoms with van der Waals surface area (Å²) in [7, 11) is 0. The minimum atomic E-state index is -0.971. The van der Waals surface area contributed by atoms with Crippen LogP contribution in [0.2, 0.25) is 0 Å². The van der Waals surface area contributed by atoms with Crippen LogP contribution >= 0.6 is 0 Å². The average molecular weight is 478 g/mol. The molecule has 3 aliphatic rings. The monoisotopic (exact) mass is 477 g/mol. The molecule has 2 saturated carbocycles. The smallest absolute Gasteiger partial charge is 0.252 e. The maximum absolute atomic E-state index is 14.0. The van der Waals surface area contributed by atoms with Crippen molar-refractivity contribution in [3.05, 3.63) is 30.4 Å². The lowest BCUT2D eigenvalue weighted by molar-refractivity contribution is -0.134. The van der Waals surface area contributed by atoms with Gasteiger partial charge in [-0.2, -0.15) is 15.5 Å². The maximum atomic E-state index is 14.0. The lowest BCUT2D eigenvalue weighted by Crippen LogP contribution is -2.36. The van der Waals surface area contributed by atoms with Gasteiger partial charge in [0, 0.05) is 30.8 Å². The number of rotatable bonds is 7. The number of primary amides is 1. The molecule has 0 unspecified atom stereocenters. The number of imidazole rings is 1. The molecule has 3 aromatic rings. The van der Waals surface area contributed by atoms with Crippen LogP contribution in [0, 0.1) is 22.7 Å². The number of nitrogens with two attached hydrogens (primary N) is 1. The molecule has 11 nitrogen and oxygen atoms in total. The van der Waals surface area contributed by atoms with Gasteiger partial charge in [0.2, 0.25) is 5.91 Å². The standard InChI is InChI=1S/C23H24FN9O2/c24-5-13-8-31(22(35)23(12-25)3-4-23)10-17(13)29-19-16(20(26)34)7-28-33-11-18(30-21(19)33)14-6-27-32(9-14)15-1-2-15/h6-7,9,11,13,15,17,29H,1-5,8,10H2,(H2,26,34)/t13-,17+/m0/s1. The van der Waals surface area contributed by atoms with E-state index < -0.39 is 30.0 Å². The van der Waals surface area contributed by atoms with E-state index in [0.29, 0.717) is 35.9 Å². The number of hydrogen-bond acceptors (Lipinski definition) is 7. The summed E-state index contributed by atoms with van der Waals surface area (Å²) in [5.41, 5.74) is 6.94. The van der Waals surface area contributed by atoms with Gasteiger partial charge in [-0.25, -0.2) is 9.50 Å². The number of carbonyl (C=O) groups excluding carboxylic acids is 2. The summed E-state index contributed by atoms with van der Waals surface area (Å²) in [5.74, 6) is -1.46. The van der Waals surface area contributed by atoms with Gasteiger partial charge >= 0.3 is 0 Å². The largest absolute Gasteiger partial charge is 0.376 e. The van der Waals surface area contributed by atoms with E-state index >= 15 is 0 Å². The molecular weight excluding hydrogens is 453 g/mol. The predicted octanol–water partition coefficient (Wildman–Crippen LogP) is 1.54. The third-order valence-corrected chi connectivity index (χ3v) is 7.21. The highest BCUT2D eigenvalue weighted by Crippen LogP contribution is 2.47. The summed E-state index contributed by atoms with van der Waals surface area (Å²) in [4.78, 5) is 31.3. The molecule has 1 saturated heterocycles. The number of hydrogen-bond donors (Lipinski definition) is 2. The number of nitrogens with zero attached hydrogens (tertiary/aromatic N) is 7. The van der Waals surface area contributed by atoms with Crippen LogP contribution in [0.15, 0.2) is 24.8 Å². The Kier molecular flexibility index (Phi) is 4.77. The van der Waals surface area contributed by atoms with Gasteiger partial charge in [0.05, 0.1) is 60.4 Å². The van der Waals surface area contributed by atoms with Crippen LogP contribution in [-0.2, 0) is 4.79 Å². The predicted molar refractivity (Wildman–Crippen MR) is 122 cm³/mol. The highest BCUT2D eigenvalue weighted by molar-refractivity contribution is 6.01. The minimum Gasteiger partial charge on any atom is -0.376 e. The molecule has 180 valence electrons. The van der Waals surface area contributed by atoms with Gasteiger partial charge in [-0.1, -0.05) is 0 Å². The van der Waals surface area contributed by atoms with Gasteiger partial charge in [0.15, 0.2) is 5.65 Å². The fraction of sp³-hybridized carbons (Fsp3) is 0.478. The molecule has 0 bridgehead atoms. The Morgan fingerprint density at radius 1 is 1.23 bits per heavy atom. The van der Waals surface area contributed by atoms with Crippen molar-refractivity contribution in [1.82, 2.24) is 29.3 Å². The number of alkyl halides is 1. The number of amides is 2. The van der Waals surface area contributed by atoms with Crippen molar-refractivity contribution < 1.29 is 14.0 Å². The van der Waals surface area contributed by atoms with Gasteiger partial charge in [0.25, 0.3) is 5.91 Å².